The molecule has 4 unspecified atom stereocenters. The Balaban J connectivity index is 1.84. The van der Waals surface area contributed by atoms with Gasteiger partial charge in [-0.1, -0.05) is 20.8 Å². The number of carbonyl (C=O) groups excluding carboxylic acids is 1. The highest BCUT2D eigenvalue weighted by Crippen LogP contribution is 2.47. The molecule has 0 aromatic rings. The Morgan fingerprint density at radius 1 is 0.960 bits per heavy atom. The Bertz CT molecular complexity index is 1210. The number of methoxy groups -OCH3 is 1. The van der Waals surface area contributed by atoms with E-state index in [1.165, 1.54) is 14.0 Å². The number of nitrogens with zero attached hydrogens (tertiary/aromatic N) is 1. The van der Waals surface area contributed by atoms with Gasteiger partial charge in [-0.05, 0) is 81.0 Å². The first-order valence-electron chi connectivity index (χ1n) is 18.3. The van der Waals surface area contributed by atoms with Crippen molar-refractivity contribution in [1.82, 2.24) is 4.90 Å². The van der Waals surface area contributed by atoms with Crippen LogP contribution in [0.5, 0.6) is 0 Å². The average Bonchev–Trinajstić information content (AvgIpc) is 3.37. The minimum absolute atomic E-state index is 0.173. The van der Waals surface area contributed by atoms with Gasteiger partial charge < -0.3 is 58.5 Å². The molecular weight excluding hydrogens is 650 g/mol. The molecule has 13 nitrogen and oxygen atoms in total. The molecule has 4 aliphatic rings. The molecule has 4 heterocycles. The highest BCUT2D eigenvalue weighted by molar-refractivity contribution is 5.73. The molecule has 0 radical (unpaired) electrons. The van der Waals surface area contributed by atoms with Gasteiger partial charge in [0.15, 0.2) is 12.6 Å². The molecule has 4 aliphatic heterocycles. The summed E-state index contributed by atoms with van der Waals surface area (Å²) in [4.78, 5) is 16.1. The maximum Gasteiger partial charge on any atom is 0.311 e. The Morgan fingerprint density at radius 2 is 1.60 bits per heavy atom. The minimum atomic E-state index is -1.82. The predicted molar refractivity (Wildman–Crippen MR) is 184 cm³/mol. The van der Waals surface area contributed by atoms with Crippen molar-refractivity contribution < 1.29 is 58.4 Å². The molecule has 0 aliphatic carbocycles. The second-order valence-corrected chi connectivity index (χ2v) is 16.3. The van der Waals surface area contributed by atoms with Crippen LogP contribution in [-0.4, -0.2) is 137 Å². The lowest BCUT2D eigenvalue weighted by atomic mass is 9.78. The fourth-order valence-corrected chi connectivity index (χ4v) is 8.73. The van der Waals surface area contributed by atoms with Crippen molar-refractivity contribution in [2.75, 3.05) is 21.2 Å². The number of aliphatic hydroxyl groups is 4. The van der Waals surface area contributed by atoms with Crippen LogP contribution >= 0.6 is 0 Å². The van der Waals surface area contributed by atoms with E-state index in [9.17, 15) is 25.2 Å². The average molecular weight is 716 g/mol. The van der Waals surface area contributed by atoms with Gasteiger partial charge in [-0.15, -0.1) is 0 Å². The molecule has 2 bridgehead atoms. The monoisotopic (exact) mass is 715 g/mol. The SMILES string of the molecule is CCC1OC(=O)C(C)C(O[C@H]2C[C@@](C)(OC)[C@@H](O)[C@H](C)O2)C(C)[C@@H](O[C@@H]2O[C@H](C)C[C@H](N(C)C)[C@H]2O)[C@]2(C)CC(C)=C(O2)[C@H](C)[C@@H](O)[C@]1(C)O. The van der Waals surface area contributed by atoms with Gasteiger partial charge in [0.1, 0.15) is 41.4 Å². The zero-order valence-corrected chi connectivity index (χ0v) is 32.4. The van der Waals surface area contributed by atoms with Crippen LogP contribution < -0.4 is 0 Å². The van der Waals surface area contributed by atoms with Gasteiger partial charge in [0.25, 0.3) is 0 Å². The fourth-order valence-electron chi connectivity index (χ4n) is 8.73. The number of hydrogen-bond acceptors (Lipinski definition) is 13. The van der Waals surface area contributed by atoms with Gasteiger partial charge >= 0.3 is 5.97 Å². The van der Waals surface area contributed by atoms with E-state index in [4.69, 9.17) is 33.2 Å². The van der Waals surface area contributed by atoms with E-state index in [0.29, 0.717) is 18.6 Å². The molecule has 4 N–H and O–H groups in total. The molecule has 50 heavy (non-hydrogen) atoms. The largest absolute Gasteiger partial charge is 0.489 e. The van der Waals surface area contributed by atoms with Gasteiger partial charge in [0.05, 0.1) is 35.9 Å². The first-order valence-corrected chi connectivity index (χ1v) is 18.3. The predicted octanol–water partition coefficient (Wildman–Crippen LogP) is 2.89. The molecule has 290 valence electrons. The van der Waals surface area contributed by atoms with Crippen LogP contribution in [0.1, 0.15) is 94.9 Å². The molecule has 3 saturated heterocycles. The third-order valence-electron chi connectivity index (χ3n) is 12.0. The fraction of sp³-hybridized carbons (Fsp3) is 0.919. The van der Waals surface area contributed by atoms with Crippen LogP contribution in [0.4, 0.5) is 0 Å². The zero-order chi connectivity index (χ0) is 37.7. The van der Waals surface area contributed by atoms with Crippen LogP contribution in [0.25, 0.3) is 0 Å². The number of aliphatic hydroxyl groups excluding tert-OH is 3. The Morgan fingerprint density at radius 3 is 2.18 bits per heavy atom. The molecule has 13 heteroatoms. The second-order valence-electron chi connectivity index (χ2n) is 16.3. The topological polar surface area (TPSA) is 166 Å². The smallest absolute Gasteiger partial charge is 0.311 e. The van der Waals surface area contributed by atoms with Crippen LogP contribution in [0.2, 0.25) is 0 Å². The van der Waals surface area contributed by atoms with Crippen LogP contribution in [0.3, 0.4) is 0 Å². The number of ether oxygens (including phenoxy) is 7. The number of cyclic esters (lactones) is 1. The normalized spacial score (nSPS) is 49.5. The quantitative estimate of drug-likeness (QED) is 0.285. The van der Waals surface area contributed by atoms with E-state index in [1.807, 2.05) is 46.7 Å². The Kier molecular flexibility index (Phi) is 12.8. The first kappa shape index (κ1) is 41.4. The summed E-state index contributed by atoms with van der Waals surface area (Å²) in [5, 5.41) is 45.9. The van der Waals surface area contributed by atoms with Crippen molar-refractivity contribution in [2.24, 2.45) is 17.8 Å². The lowest BCUT2D eigenvalue weighted by Crippen LogP contribution is -2.60. The molecule has 17 atom stereocenters. The highest BCUT2D eigenvalue weighted by atomic mass is 16.7. The van der Waals surface area contributed by atoms with Gasteiger partial charge in [-0.2, -0.15) is 0 Å². The molecule has 0 saturated carbocycles. The maximum atomic E-state index is 14.1. The van der Waals surface area contributed by atoms with E-state index in [1.54, 1.807) is 34.6 Å². The van der Waals surface area contributed by atoms with Crippen molar-refractivity contribution in [3.05, 3.63) is 11.3 Å². The van der Waals surface area contributed by atoms with E-state index < -0.39 is 95.8 Å². The summed E-state index contributed by atoms with van der Waals surface area (Å²) >= 11 is 0. The van der Waals surface area contributed by atoms with Crippen LogP contribution in [0.15, 0.2) is 11.3 Å². The van der Waals surface area contributed by atoms with E-state index in [-0.39, 0.29) is 25.0 Å². The number of rotatable bonds is 7. The summed E-state index contributed by atoms with van der Waals surface area (Å²) < 4.78 is 44.6. The van der Waals surface area contributed by atoms with Gasteiger partial charge in [0.2, 0.25) is 0 Å². The standard InChI is InChI=1S/C37H65NO12/c1-14-25-37(10,43)30(40)20(4)28-18(2)16-36(9,50-28)32(49-34-27(39)24(38(11)12)15-19(3)45-34)21(5)29(22(6)33(42)47-25)48-26-17-35(8,44-13)31(41)23(7)46-26/h19-27,29-32,34,39-41,43H,14-17H2,1-13H3/t19-,20+,21?,22?,23+,24+,25?,26+,27-,29?,30-,31+,32-,34+,35-,36+,37-/m1/s1. The zero-order valence-electron chi connectivity index (χ0n) is 32.4. The Hall–Kier alpha value is -1.39. The lowest BCUT2D eigenvalue weighted by Gasteiger charge is -2.48. The maximum absolute atomic E-state index is 14.1. The van der Waals surface area contributed by atoms with Crippen molar-refractivity contribution in [2.45, 2.75) is 179 Å². The van der Waals surface area contributed by atoms with Gasteiger partial charge in [-0.3, -0.25) is 4.79 Å². The third-order valence-corrected chi connectivity index (χ3v) is 12.0. The Labute approximate surface area is 298 Å². The summed E-state index contributed by atoms with van der Waals surface area (Å²) in [6.07, 6.45) is -7.39. The highest BCUT2D eigenvalue weighted by Gasteiger charge is 2.56. The summed E-state index contributed by atoms with van der Waals surface area (Å²) in [6.45, 7) is 18.0. The minimum Gasteiger partial charge on any atom is -0.489 e. The van der Waals surface area contributed by atoms with Crippen molar-refractivity contribution in [3.8, 4) is 0 Å². The molecule has 0 aromatic carbocycles. The number of carbonyl (C=O) groups is 1. The van der Waals surface area contributed by atoms with Gasteiger partial charge in [-0.25, -0.2) is 0 Å². The summed E-state index contributed by atoms with van der Waals surface area (Å²) in [7, 11) is 5.34. The molecule has 4 rings (SSSR count). The van der Waals surface area contributed by atoms with Crippen LogP contribution in [0, 0.1) is 17.8 Å². The summed E-state index contributed by atoms with van der Waals surface area (Å²) in [5.41, 5.74) is -3.00. The number of fused-ring (bicyclic) bond motifs is 2. The van der Waals surface area contributed by atoms with Crippen molar-refractivity contribution in [3.63, 3.8) is 0 Å². The molecular formula is C37H65NO12. The molecule has 0 spiro atoms. The van der Waals surface area contributed by atoms with Crippen molar-refractivity contribution in [1.29, 1.82) is 0 Å². The summed E-state index contributed by atoms with van der Waals surface area (Å²) in [5.74, 6) is -2.31. The molecule has 0 amide bonds. The number of likely N-dealkylation sites (N-methyl/N-ethyl adjacent to an activating group) is 1. The number of esters is 1. The van der Waals surface area contributed by atoms with Crippen LogP contribution in [-0.2, 0) is 38.0 Å². The second kappa shape index (κ2) is 15.5. The molecule has 3 fully saturated rings. The third kappa shape index (κ3) is 7.93. The van der Waals surface area contributed by atoms with Gasteiger partial charge in [0, 0.05) is 37.8 Å². The van der Waals surface area contributed by atoms with E-state index >= 15 is 0 Å². The lowest BCUT2D eigenvalue weighted by molar-refractivity contribution is -0.316. The first-order chi connectivity index (χ1) is 23.1. The molecule has 0 aromatic heterocycles. The number of hydrogen-bond donors (Lipinski definition) is 4. The van der Waals surface area contributed by atoms with Crippen molar-refractivity contribution >= 4 is 5.97 Å². The van der Waals surface area contributed by atoms with E-state index in [0.717, 1.165) is 5.57 Å². The van der Waals surface area contributed by atoms with E-state index in [2.05, 4.69) is 0 Å². The summed E-state index contributed by atoms with van der Waals surface area (Å²) in [6, 6.07) is -0.235.